The lowest BCUT2D eigenvalue weighted by atomic mass is 9.92. The van der Waals surface area contributed by atoms with Crippen LogP contribution in [0, 0.1) is 5.41 Å². The van der Waals surface area contributed by atoms with Gasteiger partial charge in [0.1, 0.15) is 0 Å². The van der Waals surface area contributed by atoms with Crippen molar-refractivity contribution in [1.29, 1.82) is 0 Å². The predicted molar refractivity (Wildman–Crippen MR) is 106 cm³/mol. The van der Waals surface area contributed by atoms with Crippen LogP contribution in [0.4, 0.5) is 0 Å². The predicted octanol–water partition coefficient (Wildman–Crippen LogP) is 2.68. The van der Waals surface area contributed by atoms with Gasteiger partial charge in [0, 0.05) is 27.2 Å². The summed E-state index contributed by atoms with van der Waals surface area (Å²) in [5.41, 5.74) is 2.25. The summed E-state index contributed by atoms with van der Waals surface area (Å²) in [5, 5.41) is 9.22. The molecule has 0 saturated heterocycles. The van der Waals surface area contributed by atoms with E-state index in [0.717, 1.165) is 25.3 Å². The molecule has 0 atom stereocenters. The number of aryl methyl sites for hydroxylation is 1. The quantitative estimate of drug-likeness (QED) is 0.385. The van der Waals surface area contributed by atoms with Crippen LogP contribution in [0.25, 0.3) is 0 Å². The molecule has 3 N–H and O–H groups in total. The summed E-state index contributed by atoms with van der Waals surface area (Å²) >= 11 is 0. The number of guanidine groups is 1. The van der Waals surface area contributed by atoms with E-state index in [2.05, 4.69) is 59.1 Å². The van der Waals surface area contributed by atoms with E-state index < -0.39 is 5.41 Å². The second-order valence-electron chi connectivity index (χ2n) is 7.32. The number of rotatable bonds is 8. The van der Waals surface area contributed by atoms with Crippen LogP contribution >= 0.6 is 0 Å². The van der Waals surface area contributed by atoms with Gasteiger partial charge in [0.2, 0.25) is 5.91 Å². The van der Waals surface area contributed by atoms with Crippen molar-refractivity contribution in [3.05, 3.63) is 35.4 Å². The second kappa shape index (κ2) is 10.1. The number of amides is 1. The number of aliphatic imine (C=N–C) groups is 1. The first kappa shape index (κ1) is 21.0. The largest absolute Gasteiger partial charge is 0.359 e. The molecule has 0 spiro atoms. The molecule has 1 aromatic rings. The number of benzene rings is 1. The number of hydrogen-bond donors (Lipinski definition) is 3. The third-order valence-electron chi connectivity index (χ3n) is 4.34. The molecule has 0 bridgehead atoms. The van der Waals surface area contributed by atoms with Gasteiger partial charge >= 0.3 is 0 Å². The Kier molecular flexibility index (Phi) is 8.46. The molecule has 0 aliphatic heterocycles. The highest BCUT2D eigenvalue weighted by molar-refractivity contribution is 5.84. The Morgan fingerprint density at radius 3 is 2.32 bits per heavy atom. The molecule has 1 aromatic carbocycles. The van der Waals surface area contributed by atoms with Crippen molar-refractivity contribution in [3.63, 3.8) is 0 Å². The fourth-order valence-electron chi connectivity index (χ4n) is 2.51. The summed E-state index contributed by atoms with van der Waals surface area (Å²) in [5.74, 6) is 1.32. The van der Waals surface area contributed by atoms with Crippen molar-refractivity contribution in [1.82, 2.24) is 16.0 Å². The fourth-order valence-corrected chi connectivity index (χ4v) is 2.51. The first-order valence-corrected chi connectivity index (χ1v) is 9.05. The highest BCUT2D eigenvalue weighted by atomic mass is 16.2. The van der Waals surface area contributed by atoms with Gasteiger partial charge in [-0.05, 0) is 43.7 Å². The van der Waals surface area contributed by atoms with Crippen LogP contribution in [0.1, 0.15) is 51.2 Å². The van der Waals surface area contributed by atoms with E-state index in [1.54, 1.807) is 14.1 Å². The zero-order valence-electron chi connectivity index (χ0n) is 16.6. The Morgan fingerprint density at radius 1 is 1.16 bits per heavy atom. The first-order chi connectivity index (χ1) is 11.8. The van der Waals surface area contributed by atoms with Crippen molar-refractivity contribution in [2.45, 2.75) is 46.5 Å². The lowest BCUT2D eigenvalue weighted by molar-refractivity contribution is -0.128. The maximum Gasteiger partial charge on any atom is 0.227 e. The highest BCUT2D eigenvalue weighted by Gasteiger charge is 2.26. The standard InChI is InChI=1S/C20H34N4O/c1-15(2)17-11-9-16(10-12-17)8-7-13-23-19(22-6)24-14-20(3,4)18(25)21-5/h9-12,15H,7-8,13-14H2,1-6H3,(H,21,25)(H2,22,23,24). The Morgan fingerprint density at radius 2 is 1.80 bits per heavy atom. The second-order valence-corrected chi connectivity index (χ2v) is 7.32. The van der Waals surface area contributed by atoms with Gasteiger partial charge in [-0.15, -0.1) is 0 Å². The van der Waals surface area contributed by atoms with Gasteiger partial charge in [-0.25, -0.2) is 0 Å². The fraction of sp³-hybridized carbons (Fsp3) is 0.600. The summed E-state index contributed by atoms with van der Waals surface area (Å²) in [6.45, 7) is 9.61. The van der Waals surface area contributed by atoms with Crippen LogP contribution in [0.2, 0.25) is 0 Å². The van der Waals surface area contributed by atoms with Crippen molar-refractivity contribution in [2.24, 2.45) is 10.4 Å². The molecule has 0 aromatic heterocycles. The Hall–Kier alpha value is -2.04. The number of carbonyl (C=O) groups excluding carboxylic acids is 1. The van der Waals surface area contributed by atoms with E-state index in [4.69, 9.17) is 0 Å². The van der Waals surface area contributed by atoms with Gasteiger partial charge in [-0.2, -0.15) is 0 Å². The Bertz CT molecular complexity index is 562. The van der Waals surface area contributed by atoms with Crippen LogP contribution in [0.3, 0.4) is 0 Å². The van der Waals surface area contributed by atoms with E-state index in [9.17, 15) is 4.79 Å². The van der Waals surface area contributed by atoms with Gasteiger partial charge in [0.05, 0.1) is 5.41 Å². The van der Waals surface area contributed by atoms with E-state index in [1.807, 2.05) is 13.8 Å². The number of hydrogen-bond acceptors (Lipinski definition) is 2. The zero-order chi connectivity index (χ0) is 18.9. The minimum absolute atomic E-state index is 0.0142. The summed E-state index contributed by atoms with van der Waals surface area (Å²) in [4.78, 5) is 16.0. The monoisotopic (exact) mass is 346 g/mol. The van der Waals surface area contributed by atoms with E-state index in [-0.39, 0.29) is 5.91 Å². The average Bonchev–Trinajstić information content (AvgIpc) is 2.60. The molecule has 25 heavy (non-hydrogen) atoms. The number of nitrogens with one attached hydrogen (secondary N) is 3. The van der Waals surface area contributed by atoms with Gasteiger partial charge in [0.25, 0.3) is 0 Å². The van der Waals surface area contributed by atoms with E-state index in [0.29, 0.717) is 12.5 Å². The van der Waals surface area contributed by atoms with Crippen molar-refractivity contribution in [2.75, 3.05) is 27.2 Å². The molecule has 0 heterocycles. The summed E-state index contributed by atoms with van der Waals surface area (Å²) in [6.07, 6.45) is 2.06. The molecule has 0 aliphatic rings. The molecule has 1 rings (SSSR count). The Balaban J connectivity index is 2.35. The van der Waals surface area contributed by atoms with Crippen LogP contribution in [0.15, 0.2) is 29.3 Å². The third-order valence-corrected chi connectivity index (χ3v) is 4.34. The third kappa shape index (κ3) is 7.16. The first-order valence-electron chi connectivity index (χ1n) is 9.05. The number of carbonyl (C=O) groups is 1. The maximum atomic E-state index is 11.8. The summed E-state index contributed by atoms with van der Waals surface area (Å²) < 4.78 is 0. The van der Waals surface area contributed by atoms with Gasteiger partial charge < -0.3 is 16.0 Å². The lowest BCUT2D eigenvalue weighted by Crippen LogP contribution is -2.47. The van der Waals surface area contributed by atoms with Gasteiger partial charge in [0.15, 0.2) is 5.96 Å². The van der Waals surface area contributed by atoms with Crippen LogP contribution in [-0.2, 0) is 11.2 Å². The normalized spacial score (nSPS) is 12.2. The number of nitrogens with zero attached hydrogens (tertiary/aromatic N) is 1. The average molecular weight is 347 g/mol. The minimum Gasteiger partial charge on any atom is -0.359 e. The summed E-state index contributed by atoms with van der Waals surface area (Å²) in [7, 11) is 3.40. The van der Waals surface area contributed by atoms with Crippen LogP contribution in [-0.4, -0.2) is 39.1 Å². The molecule has 1 amide bonds. The van der Waals surface area contributed by atoms with Crippen molar-refractivity contribution >= 4 is 11.9 Å². The molecular formula is C20H34N4O. The maximum absolute atomic E-state index is 11.8. The van der Waals surface area contributed by atoms with Gasteiger partial charge in [-0.1, -0.05) is 38.1 Å². The SMILES string of the molecule is CN=C(NCCCc1ccc(C(C)C)cc1)NCC(C)(C)C(=O)NC. The lowest BCUT2D eigenvalue weighted by Gasteiger charge is -2.24. The molecule has 0 fully saturated rings. The molecule has 5 nitrogen and oxygen atoms in total. The van der Waals surface area contributed by atoms with Gasteiger partial charge in [-0.3, -0.25) is 9.79 Å². The smallest absolute Gasteiger partial charge is 0.227 e. The topological polar surface area (TPSA) is 65.5 Å². The molecule has 0 aliphatic carbocycles. The summed E-state index contributed by atoms with van der Waals surface area (Å²) in [6, 6.07) is 8.87. The minimum atomic E-state index is -0.482. The molecular weight excluding hydrogens is 312 g/mol. The van der Waals surface area contributed by atoms with E-state index in [1.165, 1.54) is 11.1 Å². The van der Waals surface area contributed by atoms with E-state index >= 15 is 0 Å². The van der Waals surface area contributed by atoms with Crippen molar-refractivity contribution < 1.29 is 4.79 Å². The van der Waals surface area contributed by atoms with Crippen LogP contribution < -0.4 is 16.0 Å². The highest BCUT2D eigenvalue weighted by Crippen LogP contribution is 2.15. The van der Waals surface area contributed by atoms with Crippen molar-refractivity contribution in [3.8, 4) is 0 Å². The zero-order valence-corrected chi connectivity index (χ0v) is 16.6. The molecule has 140 valence electrons. The van der Waals surface area contributed by atoms with Crippen LogP contribution in [0.5, 0.6) is 0 Å². The molecule has 0 unspecified atom stereocenters. The molecule has 0 saturated carbocycles. The molecule has 5 heteroatoms. The Labute approximate surface area is 152 Å². The molecule has 0 radical (unpaired) electrons.